The van der Waals surface area contributed by atoms with Gasteiger partial charge in [-0.2, -0.15) is 0 Å². The summed E-state index contributed by atoms with van der Waals surface area (Å²) in [7, 11) is 1.57. The van der Waals surface area contributed by atoms with Crippen LogP contribution in [-0.2, 0) is 0 Å². The number of amides is 1. The van der Waals surface area contributed by atoms with Gasteiger partial charge in [-0.15, -0.1) is 10.2 Å². The summed E-state index contributed by atoms with van der Waals surface area (Å²) in [6, 6.07) is 9.61. The topological polar surface area (TPSA) is 70.7 Å². The van der Waals surface area contributed by atoms with Crippen molar-refractivity contribution in [3.8, 4) is 0 Å². The van der Waals surface area contributed by atoms with Gasteiger partial charge in [-0.25, -0.2) is 0 Å². The van der Waals surface area contributed by atoms with Gasteiger partial charge in [-0.1, -0.05) is 18.2 Å². The van der Waals surface area contributed by atoms with Crippen molar-refractivity contribution in [2.75, 3.05) is 7.05 Å². The average Bonchev–Trinajstić information content (AvgIpc) is 2.75. The molecule has 0 unspecified atom stereocenters. The number of carbonyl (C=O) groups is 1. The predicted molar refractivity (Wildman–Crippen MR) is 64.8 cm³/mol. The van der Waals surface area contributed by atoms with Crippen LogP contribution in [0, 0.1) is 0 Å². The first kappa shape index (κ1) is 9.77. The van der Waals surface area contributed by atoms with E-state index in [1.54, 1.807) is 13.1 Å². The van der Waals surface area contributed by atoms with Crippen LogP contribution in [0.4, 0.5) is 0 Å². The Morgan fingerprint density at radius 2 is 2.06 bits per heavy atom. The van der Waals surface area contributed by atoms with Gasteiger partial charge in [0.1, 0.15) is 0 Å². The molecular formula is C12H10N4O. The number of carbonyl (C=O) groups excluding carboxylic acids is 1. The molecule has 3 aromatic rings. The fourth-order valence-electron chi connectivity index (χ4n) is 1.88. The number of fused-ring (bicyclic) bond motifs is 3. The second kappa shape index (κ2) is 3.55. The van der Waals surface area contributed by atoms with Crippen LogP contribution in [0.15, 0.2) is 30.3 Å². The molecule has 2 N–H and O–H groups in total. The van der Waals surface area contributed by atoms with Crippen molar-refractivity contribution in [2.45, 2.75) is 0 Å². The summed E-state index contributed by atoms with van der Waals surface area (Å²) in [5.74, 6) is -0.232. The summed E-state index contributed by atoms with van der Waals surface area (Å²) in [5.41, 5.74) is 2.01. The van der Waals surface area contributed by atoms with Gasteiger partial charge >= 0.3 is 0 Å². The minimum Gasteiger partial charge on any atom is -0.354 e. The first-order valence-corrected chi connectivity index (χ1v) is 5.26. The van der Waals surface area contributed by atoms with E-state index in [1.165, 1.54) is 0 Å². The number of nitrogens with one attached hydrogen (secondary N) is 2. The lowest BCUT2D eigenvalue weighted by Gasteiger charge is -1.97. The number of hydrogen-bond donors (Lipinski definition) is 2. The Labute approximate surface area is 96.9 Å². The molecule has 17 heavy (non-hydrogen) atoms. The molecule has 0 aliphatic rings. The molecule has 0 aliphatic heterocycles. The Balaban J connectivity index is 2.33. The number of aromatic nitrogens is 3. The number of aromatic amines is 1. The van der Waals surface area contributed by atoms with E-state index < -0.39 is 0 Å². The van der Waals surface area contributed by atoms with Crippen molar-refractivity contribution in [3.05, 3.63) is 36.0 Å². The summed E-state index contributed by atoms with van der Waals surface area (Å²) >= 11 is 0. The molecule has 1 aromatic carbocycles. The quantitative estimate of drug-likeness (QED) is 0.660. The van der Waals surface area contributed by atoms with Gasteiger partial charge in [-0.05, 0) is 12.1 Å². The van der Waals surface area contributed by atoms with E-state index in [4.69, 9.17) is 0 Å². The third-order valence-electron chi connectivity index (χ3n) is 2.72. The molecule has 0 fully saturated rings. The second-order valence-electron chi connectivity index (χ2n) is 3.74. The minimum absolute atomic E-state index is 0.232. The van der Waals surface area contributed by atoms with Crippen LogP contribution >= 0.6 is 0 Å². The van der Waals surface area contributed by atoms with E-state index in [9.17, 15) is 4.79 Å². The predicted octanol–water partition coefficient (Wildman–Crippen LogP) is 1.47. The first-order valence-electron chi connectivity index (χ1n) is 5.26. The van der Waals surface area contributed by atoms with Gasteiger partial charge in [0.15, 0.2) is 11.3 Å². The van der Waals surface area contributed by atoms with Crippen molar-refractivity contribution in [1.82, 2.24) is 20.5 Å². The van der Waals surface area contributed by atoms with Gasteiger partial charge in [0, 0.05) is 23.3 Å². The molecule has 2 aromatic heterocycles. The minimum atomic E-state index is -0.232. The first-order chi connectivity index (χ1) is 8.29. The molecule has 0 aliphatic carbocycles. The molecule has 0 atom stereocenters. The molecule has 0 saturated carbocycles. The van der Waals surface area contributed by atoms with E-state index in [2.05, 4.69) is 20.5 Å². The fraction of sp³-hybridized carbons (Fsp3) is 0.0833. The molecule has 0 bridgehead atoms. The van der Waals surface area contributed by atoms with Crippen molar-refractivity contribution >= 4 is 27.8 Å². The Morgan fingerprint density at radius 1 is 1.24 bits per heavy atom. The summed E-state index contributed by atoms with van der Waals surface area (Å²) in [5, 5.41) is 12.4. The van der Waals surface area contributed by atoms with Gasteiger partial charge in [0.25, 0.3) is 5.91 Å². The SMILES string of the molecule is CNC(=O)c1cc2c(nn1)[nH]c1ccccc12. The van der Waals surface area contributed by atoms with E-state index in [0.717, 1.165) is 16.3 Å². The van der Waals surface area contributed by atoms with Gasteiger partial charge in [-0.3, -0.25) is 4.79 Å². The Kier molecular flexibility index (Phi) is 2.04. The number of para-hydroxylation sites is 1. The number of benzene rings is 1. The third-order valence-corrected chi connectivity index (χ3v) is 2.72. The van der Waals surface area contributed by atoms with Gasteiger partial charge in [0.2, 0.25) is 0 Å². The monoisotopic (exact) mass is 226 g/mol. The standard InChI is InChI=1S/C12H10N4O/c1-13-12(17)10-6-8-7-4-2-3-5-9(7)14-11(8)16-15-10/h2-6H,1H3,(H,13,17)(H,14,16). The van der Waals surface area contributed by atoms with Crippen LogP contribution in [0.2, 0.25) is 0 Å². The Bertz CT molecular complexity index is 717. The summed E-state index contributed by atoms with van der Waals surface area (Å²) in [6.45, 7) is 0. The number of hydrogen-bond acceptors (Lipinski definition) is 3. The molecule has 3 rings (SSSR count). The van der Waals surface area contributed by atoms with Crippen LogP contribution in [0.1, 0.15) is 10.5 Å². The van der Waals surface area contributed by atoms with Crippen LogP contribution in [0.3, 0.4) is 0 Å². The molecule has 5 nitrogen and oxygen atoms in total. The third kappa shape index (κ3) is 1.44. The zero-order valence-electron chi connectivity index (χ0n) is 9.19. The number of nitrogens with zero attached hydrogens (tertiary/aromatic N) is 2. The molecule has 2 heterocycles. The lowest BCUT2D eigenvalue weighted by molar-refractivity contribution is 0.0957. The summed E-state index contributed by atoms with van der Waals surface area (Å²) in [4.78, 5) is 14.6. The molecule has 84 valence electrons. The maximum atomic E-state index is 11.5. The second-order valence-corrected chi connectivity index (χ2v) is 3.74. The molecule has 0 saturated heterocycles. The van der Waals surface area contributed by atoms with Crippen molar-refractivity contribution < 1.29 is 4.79 Å². The highest BCUT2D eigenvalue weighted by Gasteiger charge is 2.10. The van der Waals surface area contributed by atoms with Gasteiger partial charge < -0.3 is 10.3 Å². The molecule has 0 spiro atoms. The highest BCUT2D eigenvalue weighted by molar-refractivity contribution is 6.07. The molecular weight excluding hydrogens is 216 g/mol. The maximum Gasteiger partial charge on any atom is 0.271 e. The lowest BCUT2D eigenvalue weighted by atomic mass is 10.2. The maximum absolute atomic E-state index is 11.5. The van der Waals surface area contributed by atoms with Crippen LogP contribution in [-0.4, -0.2) is 28.1 Å². The van der Waals surface area contributed by atoms with Crippen molar-refractivity contribution in [3.63, 3.8) is 0 Å². The Morgan fingerprint density at radius 3 is 2.88 bits per heavy atom. The smallest absolute Gasteiger partial charge is 0.271 e. The number of H-pyrrole nitrogens is 1. The molecule has 0 radical (unpaired) electrons. The number of rotatable bonds is 1. The van der Waals surface area contributed by atoms with Crippen LogP contribution in [0.5, 0.6) is 0 Å². The zero-order valence-corrected chi connectivity index (χ0v) is 9.19. The van der Waals surface area contributed by atoms with E-state index in [-0.39, 0.29) is 5.91 Å². The summed E-state index contributed by atoms with van der Waals surface area (Å²) in [6.07, 6.45) is 0. The van der Waals surface area contributed by atoms with Crippen LogP contribution in [0.25, 0.3) is 21.9 Å². The van der Waals surface area contributed by atoms with Crippen LogP contribution < -0.4 is 5.32 Å². The fourth-order valence-corrected chi connectivity index (χ4v) is 1.88. The summed E-state index contributed by atoms with van der Waals surface area (Å²) < 4.78 is 0. The molecule has 1 amide bonds. The Hall–Kier alpha value is -2.43. The van der Waals surface area contributed by atoms with E-state index >= 15 is 0 Å². The van der Waals surface area contributed by atoms with Crippen molar-refractivity contribution in [1.29, 1.82) is 0 Å². The van der Waals surface area contributed by atoms with E-state index in [1.807, 2.05) is 24.3 Å². The van der Waals surface area contributed by atoms with E-state index in [0.29, 0.717) is 11.3 Å². The highest BCUT2D eigenvalue weighted by Crippen LogP contribution is 2.23. The van der Waals surface area contributed by atoms with Crippen molar-refractivity contribution in [2.24, 2.45) is 0 Å². The molecule has 5 heteroatoms. The van der Waals surface area contributed by atoms with Gasteiger partial charge in [0.05, 0.1) is 0 Å². The zero-order chi connectivity index (χ0) is 11.8. The largest absolute Gasteiger partial charge is 0.354 e. The highest BCUT2D eigenvalue weighted by atomic mass is 16.1. The normalized spacial score (nSPS) is 10.9. The average molecular weight is 226 g/mol. The lowest BCUT2D eigenvalue weighted by Crippen LogP contribution is -2.19.